The van der Waals surface area contributed by atoms with Gasteiger partial charge in [-0.05, 0) is 38.1 Å². The summed E-state index contributed by atoms with van der Waals surface area (Å²) in [7, 11) is -3.75. The minimum atomic E-state index is -3.75. The summed E-state index contributed by atoms with van der Waals surface area (Å²) in [6.45, 7) is 3.11. The minimum Gasteiger partial charge on any atom is -0.325 e. The van der Waals surface area contributed by atoms with Crippen LogP contribution in [0.3, 0.4) is 0 Å². The van der Waals surface area contributed by atoms with Gasteiger partial charge in [0.1, 0.15) is 5.82 Å². The molecule has 0 spiro atoms. The number of hydrogen-bond donors (Lipinski definition) is 1. The molecule has 2 aromatic carbocycles. The summed E-state index contributed by atoms with van der Waals surface area (Å²) in [6.07, 6.45) is 0.972. The lowest BCUT2D eigenvalue weighted by Crippen LogP contribution is -2.37. The number of nitrogens with zero attached hydrogens (tertiary/aromatic N) is 2. The zero-order valence-electron chi connectivity index (χ0n) is 16.8. The number of sulfonamides is 1. The van der Waals surface area contributed by atoms with E-state index in [-0.39, 0.29) is 23.0 Å². The van der Waals surface area contributed by atoms with Crippen molar-refractivity contribution in [1.29, 1.82) is 0 Å². The predicted octanol–water partition coefficient (Wildman–Crippen LogP) is 3.18. The Balaban J connectivity index is 1.78. The number of halogens is 1. The number of carbonyl (C=O) groups is 1. The lowest BCUT2D eigenvalue weighted by molar-refractivity contribution is -0.116. The number of amides is 1. The molecule has 3 rings (SSSR count). The number of anilines is 1. The first-order valence-corrected chi connectivity index (χ1v) is 11.9. The number of benzene rings is 2. The fourth-order valence-corrected chi connectivity index (χ4v) is 4.85. The van der Waals surface area contributed by atoms with E-state index >= 15 is 0 Å². The van der Waals surface area contributed by atoms with E-state index in [2.05, 4.69) is 5.32 Å². The normalized spacial score (nSPS) is 12.1. The van der Waals surface area contributed by atoms with Crippen molar-refractivity contribution in [3.05, 3.63) is 63.5 Å². The fraction of sp³-hybridized carbons (Fsp3) is 0.300. The van der Waals surface area contributed by atoms with E-state index in [0.717, 1.165) is 32.1 Å². The number of fused-ring (bicyclic) bond motifs is 1. The number of aromatic nitrogens is 1. The summed E-state index contributed by atoms with van der Waals surface area (Å²) < 4.78 is 41.4. The Morgan fingerprint density at radius 1 is 1.23 bits per heavy atom. The van der Waals surface area contributed by atoms with Crippen molar-refractivity contribution < 1.29 is 17.6 Å². The topological polar surface area (TPSA) is 88.5 Å². The van der Waals surface area contributed by atoms with Gasteiger partial charge in [0.15, 0.2) is 0 Å². The zero-order valence-corrected chi connectivity index (χ0v) is 18.4. The highest BCUT2D eigenvalue weighted by Crippen LogP contribution is 2.24. The molecule has 30 heavy (non-hydrogen) atoms. The molecule has 7 nitrogen and oxygen atoms in total. The van der Waals surface area contributed by atoms with Crippen molar-refractivity contribution in [2.45, 2.75) is 26.4 Å². The van der Waals surface area contributed by atoms with Gasteiger partial charge in [-0.3, -0.25) is 14.2 Å². The van der Waals surface area contributed by atoms with Gasteiger partial charge in [-0.25, -0.2) is 12.8 Å². The smallest absolute Gasteiger partial charge is 0.308 e. The Labute approximate surface area is 177 Å². The van der Waals surface area contributed by atoms with E-state index in [9.17, 15) is 22.4 Å². The number of nitrogens with one attached hydrogen (secondary N) is 1. The average molecular weight is 452 g/mol. The first-order chi connectivity index (χ1) is 14.1. The van der Waals surface area contributed by atoms with Crippen molar-refractivity contribution in [1.82, 2.24) is 8.87 Å². The van der Waals surface area contributed by atoms with Crippen molar-refractivity contribution in [3.63, 3.8) is 0 Å². The van der Waals surface area contributed by atoms with Crippen LogP contribution in [-0.2, 0) is 21.4 Å². The van der Waals surface area contributed by atoms with Crippen LogP contribution in [0.15, 0.2) is 47.3 Å². The van der Waals surface area contributed by atoms with E-state index in [0.29, 0.717) is 5.69 Å². The van der Waals surface area contributed by atoms with Crippen LogP contribution in [0.4, 0.5) is 10.1 Å². The van der Waals surface area contributed by atoms with E-state index < -0.39 is 28.3 Å². The molecule has 0 saturated heterocycles. The molecule has 0 radical (unpaired) electrons. The lowest BCUT2D eigenvalue weighted by Gasteiger charge is -2.20. The number of carbonyl (C=O) groups excluding carboxylic acids is 1. The van der Waals surface area contributed by atoms with Crippen LogP contribution in [0.1, 0.15) is 25.5 Å². The first kappa shape index (κ1) is 22.1. The molecule has 0 fully saturated rings. The second-order valence-electron chi connectivity index (χ2n) is 7.18. The standard InChI is InChI=1S/C20H22FN3O4S2/c1-13(2)24-17-9-8-15(10-18(17)29-20(24)26)22-19(25)12-23(30(3,27)28)11-14-6-4-5-7-16(14)21/h4-10,13H,11-12H2,1-3H3,(H,22,25). The largest absolute Gasteiger partial charge is 0.325 e. The Hall–Kier alpha value is -2.56. The molecule has 1 aromatic heterocycles. The molecule has 0 unspecified atom stereocenters. The average Bonchev–Trinajstić information content (AvgIpc) is 2.97. The maximum atomic E-state index is 13.9. The summed E-state index contributed by atoms with van der Waals surface area (Å²) in [6, 6.07) is 10.9. The molecule has 0 aliphatic rings. The number of rotatable bonds is 7. The maximum Gasteiger partial charge on any atom is 0.308 e. The minimum absolute atomic E-state index is 0.00777. The quantitative estimate of drug-likeness (QED) is 0.598. The van der Waals surface area contributed by atoms with Gasteiger partial charge in [-0.2, -0.15) is 4.31 Å². The predicted molar refractivity (Wildman–Crippen MR) is 117 cm³/mol. The van der Waals surface area contributed by atoms with Crippen molar-refractivity contribution in [2.75, 3.05) is 18.1 Å². The van der Waals surface area contributed by atoms with E-state index in [1.165, 1.54) is 18.2 Å². The molecule has 1 amide bonds. The van der Waals surface area contributed by atoms with Gasteiger partial charge in [0.2, 0.25) is 15.9 Å². The van der Waals surface area contributed by atoms with E-state index in [1.807, 2.05) is 13.8 Å². The molecular formula is C20H22FN3O4S2. The second kappa shape index (κ2) is 8.66. The van der Waals surface area contributed by atoms with Crippen LogP contribution < -0.4 is 10.2 Å². The zero-order chi connectivity index (χ0) is 22.1. The van der Waals surface area contributed by atoms with Gasteiger partial charge >= 0.3 is 4.87 Å². The third-order valence-corrected chi connectivity index (χ3v) is 6.62. The monoisotopic (exact) mass is 451 g/mol. The van der Waals surface area contributed by atoms with Crippen LogP contribution in [-0.4, -0.2) is 36.0 Å². The third-order valence-electron chi connectivity index (χ3n) is 4.51. The lowest BCUT2D eigenvalue weighted by atomic mass is 10.2. The fourth-order valence-electron chi connectivity index (χ4n) is 3.07. The molecule has 0 aliphatic heterocycles. The van der Waals surface area contributed by atoms with Crippen LogP contribution >= 0.6 is 11.3 Å². The molecule has 10 heteroatoms. The molecule has 3 aromatic rings. The Morgan fingerprint density at radius 3 is 2.57 bits per heavy atom. The summed E-state index contributed by atoms with van der Waals surface area (Å²) in [4.78, 5) is 24.6. The SMILES string of the molecule is CC(C)n1c(=O)sc2cc(NC(=O)CN(Cc3ccccc3F)S(C)(=O)=O)ccc21. The van der Waals surface area contributed by atoms with Gasteiger partial charge in [0, 0.05) is 23.8 Å². The Morgan fingerprint density at radius 2 is 1.93 bits per heavy atom. The highest BCUT2D eigenvalue weighted by molar-refractivity contribution is 7.88. The third kappa shape index (κ3) is 4.94. The molecule has 1 heterocycles. The van der Waals surface area contributed by atoms with Crippen LogP contribution in [0.25, 0.3) is 10.2 Å². The molecule has 0 bridgehead atoms. The van der Waals surface area contributed by atoms with Crippen LogP contribution in [0, 0.1) is 5.82 Å². The van der Waals surface area contributed by atoms with Gasteiger partial charge in [-0.1, -0.05) is 29.5 Å². The van der Waals surface area contributed by atoms with Crippen molar-refractivity contribution in [2.24, 2.45) is 0 Å². The van der Waals surface area contributed by atoms with E-state index in [4.69, 9.17) is 0 Å². The molecule has 1 N–H and O–H groups in total. The van der Waals surface area contributed by atoms with Gasteiger partial charge in [0.25, 0.3) is 0 Å². The van der Waals surface area contributed by atoms with Crippen LogP contribution in [0.5, 0.6) is 0 Å². The summed E-state index contributed by atoms with van der Waals surface area (Å²) in [5.41, 5.74) is 1.40. The maximum absolute atomic E-state index is 13.9. The summed E-state index contributed by atoms with van der Waals surface area (Å²) in [5.74, 6) is -1.10. The molecule has 0 aliphatic carbocycles. The van der Waals surface area contributed by atoms with E-state index in [1.54, 1.807) is 28.8 Å². The van der Waals surface area contributed by atoms with Crippen LogP contribution in [0.2, 0.25) is 0 Å². The number of thiazole rings is 1. The molecular weight excluding hydrogens is 429 g/mol. The summed E-state index contributed by atoms with van der Waals surface area (Å²) >= 11 is 1.08. The highest BCUT2D eigenvalue weighted by atomic mass is 32.2. The second-order valence-corrected chi connectivity index (χ2v) is 10.2. The van der Waals surface area contributed by atoms with Gasteiger partial charge in [0.05, 0.1) is 23.0 Å². The van der Waals surface area contributed by atoms with Gasteiger partial charge in [-0.15, -0.1) is 0 Å². The van der Waals surface area contributed by atoms with Gasteiger partial charge < -0.3 is 5.32 Å². The van der Waals surface area contributed by atoms with Crippen molar-refractivity contribution in [3.8, 4) is 0 Å². The Bertz CT molecular complexity index is 1250. The number of hydrogen-bond acceptors (Lipinski definition) is 5. The molecule has 0 saturated carbocycles. The Kier molecular flexibility index (Phi) is 6.39. The summed E-state index contributed by atoms with van der Waals surface area (Å²) in [5, 5.41) is 2.65. The molecule has 160 valence electrons. The molecule has 0 atom stereocenters. The first-order valence-electron chi connectivity index (χ1n) is 9.19. The van der Waals surface area contributed by atoms with Crippen molar-refractivity contribution >= 4 is 43.2 Å². The highest BCUT2D eigenvalue weighted by Gasteiger charge is 2.22.